The number of benzene rings is 1. The SMILES string of the molecule is CNC(=O)Cn1nc(CC(=O)O)c2ccccc2c1=O. The van der Waals surface area contributed by atoms with E-state index in [1.54, 1.807) is 24.3 Å². The molecular formula is C13H13N3O4. The maximum atomic E-state index is 12.2. The van der Waals surface area contributed by atoms with Crippen molar-refractivity contribution in [3.05, 3.63) is 40.3 Å². The first-order valence-electron chi connectivity index (χ1n) is 5.94. The Balaban J connectivity index is 2.64. The van der Waals surface area contributed by atoms with Gasteiger partial charge < -0.3 is 10.4 Å². The monoisotopic (exact) mass is 275 g/mol. The number of nitrogens with zero attached hydrogens (tertiary/aromatic N) is 2. The van der Waals surface area contributed by atoms with Gasteiger partial charge >= 0.3 is 5.97 Å². The Bertz CT molecular complexity index is 736. The third kappa shape index (κ3) is 2.66. The van der Waals surface area contributed by atoms with E-state index in [1.165, 1.54) is 7.05 Å². The number of likely N-dealkylation sites (N-methyl/N-ethyl adjacent to an activating group) is 1. The standard InChI is InChI=1S/C13H13N3O4/c1-14-11(17)7-16-13(20)9-5-3-2-4-8(9)10(15-16)6-12(18)19/h2-5H,6-7H2,1H3,(H,14,17)(H,18,19). The van der Waals surface area contributed by atoms with Crippen LogP contribution in [0.25, 0.3) is 10.8 Å². The smallest absolute Gasteiger partial charge is 0.309 e. The Labute approximate surface area is 113 Å². The Morgan fingerprint density at radius 3 is 2.55 bits per heavy atom. The van der Waals surface area contributed by atoms with Crippen molar-refractivity contribution in [2.24, 2.45) is 0 Å². The average Bonchev–Trinajstić information content (AvgIpc) is 2.43. The van der Waals surface area contributed by atoms with Crippen LogP contribution in [-0.4, -0.2) is 33.8 Å². The van der Waals surface area contributed by atoms with E-state index in [0.717, 1.165) is 4.68 Å². The van der Waals surface area contributed by atoms with Gasteiger partial charge in [0.05, 0.1) is 17.5 Å². The fraction of sp³-hybridized carbons (Fsp3) is 0.231. The zero-order chi connectivity index (χ0) is 14.7. The minimum Gasteiger partial charge on any atom is -0.481 e. The number of aliphatic carboxylic acids is 1. The number of fused-ring (bicyclic) bond motifs is 1. The van der Waals surface area contributed by atoms with Crippen molar-refractivity contribution in [3.63, 3.8) is 0 Å². The quantitative estimate of drug-likeness (QED) is 0.802. The number of carboxylic acid groups (broad SMARTS) is 1. The second-order valence-corrected chi connectivity index (χ2v) is 4.20. The van der Waals surface area contributed by atoms with Crippen LogP contribution in [0.3, 0.4) is 0 Å². The maximum Gasteiger partial charge on any atom is 0.309 e. The summed E-state index contributed by atoms with van der Waals surface area (Å²) in [6, 6.07) is 6.62. The molecule has 0 radical (unpaired) electrons. The number of carbonyl (C=O) groups is 2. The molecule has 1 heterocycles. The van der Waals surface area contributed by atoms with Gasteiger partial charge in [-0.05, 0) is 6.07 Å². The van der Waals surface area contributed by atoms with E-state index in [9.17, 15) is 14.4 Å². The molecule has 20 heavy (non-hydrogen) atoms. The highest BCUT2D eigenvalue weighted by molar-refractivity contribution is 5.86. The fourth-order valence-electron chi connectivity index (χ4n) is 1.90. The lowest BCUT2D eigenvalue weighted by Gasteiger charge is -2.09. The summed E-state index contributed by atoms with van der Waals surface area (Å²) in [6.07, 6.45) is -0.311. The fourth-order valence-corrected chi connectivity index (χ4v) is 1.90. The van der Waals surface area contributed by atoms with Gasteiger partial charge in [-0.3, -0.25) is 14.4 Å². The van der Waals surface area contributed by atoms with Gasteiger partial charge in [0, 0.05) is 12.4 Å². The second-order valence-electron chi connectivity index (χ2n) is 4.20. The number of hydrogen-bond acceptors (Lipinski definition) is 4. The molecule has 0 fully saturated rings. The minimum atomic E-state index is -1.05. The molecule has 0 saturated heterocycles. The topological polar surface area (TPSA) is 101 Å². The van der Waals surface area contributed by atoms with Crippen molar-refractivity contribution in [2.75, 3.05) is 7.05 Å². The highest BCUT2D eigenvalue weighted by atomic mass is 16.4. The zero-order valence-electron chi connectivity index (χ0n) is 10.8. The van der Waals surface area contributed by atoms with Gasteiger partial charge in [0.15, 0.2) is 0 Å². The number of amides is 1. The van der Waals surface area contributed by atoms with E-state index in [0.29, 0.717) is 10.8 Å². The molecule has 1 aromatic heterocycles. The Kier molecular flexibility index (Phi) is 3.79. The molecule has 2 aromatic rings. The van der Waals surface area contributed by atoms with Crippen LogP contribution in [0.1, 0.15) is 5.69 Å². The van der Waals surface area contributed by atoms with Crippen LogP contribution in [0.4, 0.5) is 0 Å². The van der Waals surface area contributed by atoms with Gasteiger partial charge in [-0.2, -0.15) is 5.10 Å². The van der Waals surface area contributed by atoms with Crippen molar-refractivity contribution in [3.8, 4) is 0 Å². The summed E-state index contributed by atoms with van der Waals surface area (Å²) >= 11 is 0. The molecule has 0 saturated carbocycles. The van der Waals surface area contributed by atoms with Crippen LogP contribution >= 0.6 is 0 Å². The molecule has 1 amide bonds. The maximum absolute atomic E-state index is 12.2. The average molecular weight is 275 g/mol. The summed E-state index contributed by atoms with van der Waals surface area (Å²) in [6.45, 7) is -0.243. The lowest BCUT2D eigenvalue weighted by molar-refractivity contribution is -0.136. The third-order valence-corrected chi connectivity index (χ3v) is 2.84. The van der Waals surface area contributed by atoms with Gasteiger partial charge in [0.1, 0.15) is 6.54 Å². The number of carboxylic acids is 1. The van der Waals surface area contributed by atoms with E-state index in [4.69, 9.17) is 5.11 Å². The van der Waals surface area contributed by atoms with Crippen LogP contribution in [0.15, 0.2) is 29.1 Å². The molecule has 0 unspecified atom stereocenters. The van der Waals surface area contributed by atoms with E-state index in [2.05, 4.69) is 10.4 Å². The number of hydrogen-bond donors (Lipinski definition) is 2. The zero-order valence-corrected chi connectivity index (χ0v) is 10.8. The molecule has 0 aliphatic rings. The van der Waals surface area contributed by atoms with Gasteiger partial charge in [0.2, 0.25) is 5.91 Å². The van der Waals surface area contributed by atoms with E-state index < -0.39 is 11.5 Å². The first-order chi connectivity index (χ1) is 9.52. The molecule has 7 heteroatoms. The van der Waals surface area contributed by atoms with Crippen LogP contribution in [-0.2, 0) is 22.6 Å². The normalized spacial score (nSPS) is 10.4. The largest absolute Gasteiger partial charge is 0.481 e. The van der Waals surface area contributed by atoms with Crippen molar-refractivity contribution >= 4 is 22.6 Å². The predicted molar refractivity (Wildman–Crippen MR) is 71.4 cm³/mol. The van der Waals surface area contributed by atoms with Crippen molar-refractivity contribution in [1.82, 2.24) is 15.1 Å². The van der Waals surface area contributed by atoms with E-state index in [1.807, 2.05) is 0 Å². The number of nitrogens with one attached hydrogen (secondary N) is 1. The third-order valence-electron chi connectivity index (χ3n) is 2.84. The summed E-state index contributed by atoms with van der Waals surface area (Å²) in [4.78, 5) is 34.4. The van der Waals surface area contributed by atoms with Crippen molar-refractivity contribution in [1.29, 1.82) is 0 Å². The molecule has 7 nitrogen and oxygen atoms in total. The first kappa shape index (κ1) is 13.7. The van der Waals surface area contributed by atoms with Crippen LogP contribution in [0.2, 0.25) is 0 Å². The van der Waals surface area contributed by atoms with Crippen LogP contribution in [0.5, 0.6) is 0 Å². The molecule has 0 aliphatic heterocycles. The molecule has 2 rings (SSSR count). The minimum absolute atomic E-state index is 0.243. The molecule has 0 atom stereocenters. The summed E-state index contributed by atoms with van der Waals surface area (Å²) in [5.41, 5.74) is -0.157. The number of aromatic nitrogens is 2. The number of carbonyl (C=O) groups excluding carboxylic acids is 1. The highest BCUT2D eigenvalue weighted by Crippen LogP contribution is 2.13. The van der Waals surface area contributed by atoms with Crippen LogP contribution < -0.4 is 10.9 Å². The predicted octanol–water partition coefficient (Wildman–Crippen LogP) is -0.230. The molecule has 2 N–H and O–H groups in total. The molecule has 104 valence electrons. The van der Waals surface area contributed by atoms with Gasteiger partial charge in [-0.1, -0.05) is 18.2 Å². The molecule has 0 spiro atoms. The number of rotatable bonds is 4. The lowest BCUT2D eigenvalue weighted by Crippen LogP contribution is -2.32. The lowest BCUT2D eigenvalue weighted by atomic mass is 10.1. The van der Waals surface area contributed by atoms with Gasteiger partial charge in [0.25, 0.3) is 5.56 Å². The van der Waals surface area contributed by atoms with Crippen molar-refractivity contribution in [2.45, 2.75) is 13.0 Å². The molecular weight excluding hydrogens is 262 g/mol. The second kappa shape index (κ2) is 5.52. The first-order valence-corrected chi connectivity index (χ1v) is 5.94. The summed E-state index contributed by atoms with van der Waals surface area (Å²) in [5, 5.41) is 16.1. The Hall–Kier alpha value is -2.70. The molecule has 1 aromatic carbocycles. The van der Waals surface area contributed by atoms with Gasteiger partial charge in [-0.15, -0.1) is 0 Å². The van der Waals surface area contributed by atoms with Crippen LogP contribution in [0, 0.1) is 0 Å². The highest BCUT2D eigenvalue weighted by Gasteiger charge is 2.14. The molecule has 0 aliphatic carbocycles. The van der Waals surface area contributed by atoms with E-state index in [-0.39, 0.29) is 24.6 Å². The summed E-state index contributed by atoms with van der Waals surface area (Å²) in [5.74, 6) is -1.43. The Morgan fingerprint density at radius 2 is 1.95 bits per heavy atom. The molecule has 0 bridgehead atoms. The van der Waals surface area contributed by atoms with Crippen molar-refractivity contribution < 1.29 is 14.7 Å². The Morgan fingerprint density at radius 1 is 1.30 bits per heavy atom. The van der Waals surface area contributed by atoms with E-state index >= 15 is 0 Å². The van der Waals surface area contributed by atoms with Gasteiger partial charge in [-0.25, -0.2) is 4.68 Å². The summed E-state index contributed by atoms with van der Waals surface area (Å²) < 4.78 is 0.986. The summed E-state index contributed by atoms with van der Waals surface area (Å²) in [7, 11) is 1.45.